The first-order chi connectivity index (χ1) is 15.0. The van der Waals surface area contributed by atoms with Crippen LogP contribution in [0.25, 0.3) is 10.4 Å². The Hall–Kier alpha value is -3.20. The molecule has 0 radical (unpaired) electrons. The molecule has 1 amide bonds. The summed E-state index contributed by atoms with van der Waals surface area (Å²) in [6.07, 6.45) is -9.28. The molecular weight excluding hydrogens is 438 g/mol. The lowest BCUT2D eigenvalue weighted by molar-refractivity contribution is -0.143. The van der Waals surface area contributed by atoms with Gasteiger partial charge in [-0.15, -0.1) is 0 Å². The first-order valence-electron chi connectivity index (χ1n) is 9.67. The molecule has 2 aromatic carbocycles. The predicted molar refractivity (Wildman–Crippen MR) is 104 cm³/mol. The summed E-state index contributed by atoms with van der Waals surface area (Å²) in [4.78, 5) is 17.2. The monoisotopic (exact) mass is 456 g/mol. The van der Waals surface area contributed by atoms with Gasteiger partial charge in [0.25, 0.3) is 5.91 Å². The van der Waals surface area contributed by atoms with Crippen LogP contribution in [0, 0.1) is 0 Å². The number of hydrogen-bond acceptors (Lipinski definition) is 2. The maximum atomic E-state index is 13.2. The minimum Gasteiger partial charge on any atom is -0.335 e. The van der Waals surface area contributed by atoms with E-state index >= 15 is 0 Å². The lowest BCUT2D eigenvalue weighted by Crippen LogP contribution is -2.48. The van der Waals surface area contributed by atoms with Crippen molar-refractivity contribution in [2.75, 3.05) is 6.54 Å². The molecule has 5 nitrogen and oxygen atoms in total. The number of nitrogens with zero attached hydrogens (tertiary/aromatic N) is 4. The fourth-order valence-corrected chi connectivity index (χ4v) is 3.80. The molecule has 11 heteroatoms. The lowest BCUT2D eigenvalue weighted by Gasteiger charge is -2.38. The van der Waals surface area contributed by atoms with Crippen molar-refractivity contribution in [1.82, 2.24) is 4.90 Å². The number of rotatable bonds is 4. The zero-order chi connectivity index (χ0) is 23.5. The van der Waals surface area contributed by atoms with E-state index in [0.29, 0.717) is 18.6 Å². The van der Waals surface area contributed by atoms with Crippen LogP contribution in [0.3, 0.4) is 0 Å². The van der Waals surface area contributed by atoms with Gasteiger partial charge in [0.05, 0.1) is 11.1 Å². The fraction of sp³-hybridized carbons (Fsp3) is 0.381. The Kier molecular flexibility index (Phi) is 6.68. The number of carbonyl (C=O) groups excluding carboxylic acids is 1. The van der Waals surface area contributed by atoms with Crippen LogP contribution in [0.1, 0.15) is 39.9 Å². The van der Waals surface area contributed by atoms with Gasteiger partial charge in [-0.1, -0.05) is 35.4 Å². The highest BCUT2D eigenvalue weighted by Gasteiger charge is 2.39. The summed E-state index contributed by atoms with van der Waals surface area (Å²) in [6, 6.07) is 8.83. The number of alkyl halides is 6. The van der Waals surface area contributed by atoms with Crippen LogP contribution in [-0.4, -0.2) is 29.4 Å². The predicted octanol–water partition coefficient (Wildman–Crippen LogP) is 6.25. The van der Waals surface area contributed by atoms with E-state index in [-0.39, 0.29) is 25.5 Å². The lowest BCUT2D eigenvalue weighted by atomic mass is 9.91. The molecular formula is C21H18F6N4O. The molecule has 1 saturated heterocycles. The second-order valence-corrected chi connectivity index (χ2v) is 7.52. The largest absolute Gasteiger partial charge is 0.416 e. The number of likely N-dealkylation sites (tertiary alicyclic amines) is 1. The zero-order valence-electron chi connectivity index (χ0n) is 16.6. The molecule has 2 atom stereocenters. The average Bonchev–Trinajstić information content (AvgIpc) is 2.73. The smallest absolute Gasteiger partial charge is 0.335 e. The first kappa shape index (κ1) is 23.5. The van der Waals surface area contributed by atoms with Gasteiger partial charge in [0.15, 0.2) is 0 Å². The minimum absolute atomic E-state index is 0.00784. The van der Waals surface area contributed by atoms with Crippen LogP contribution < -0.4 is 0 Å². The number of benzene rings is 2. The Morgan fingerprint density at radius 1 is 1.03 bits per heavy atom. The molecule has 0 aliphatic carbocycles. The SMILES string of the molecule is [N-]=[N+]=NC1CCN(C(=O)c2cc(C(F)(F)F)cc(C(F)(F)F)c2)C(Cc2ccccc2)C1. The van der Waals surface area contributed by atoms with Crippen LogP contribution in [0.5, 0.6) is 0 Å². The quantitative estimate of drug-likeness (QED) is 0.232. The Bertz CT molecular complexity index is 983. The van der Waals surface area contributed by atoms with Crippen molar-refractivity contribution in [3.8, 4) is 0 Å². The first-order valence-corrected chi connectivity index (χ1v) is 9.67. The van der Waals surface area contributed by atoms with Crippen molar-refractivity contribution >= 4 is 5.91 Å². The molecule has 1 aliphatic heterocycles. The summed E-state index contributed by atoms with van der Waals surface area (Å²) in [7, 11) is 0. The maximum Gasteiger partial charge on any atom is 0.416 e. The number of carbonyl (C=O) groups is 1. The molecule has 0 saturated carbocycles. The standard InChI is InChI=1S/C21H18F6N4O/c22-20(23,24)15-9-14(10-16(11-15)21(25,26)27)19(32)31-7-6-17(29-30-28)12-18(31)8-13-4-2-1-3-5-13/h1-5,9-11,17-18H,6-8,12H2. The number of piperidine rings is 1. The molecule has 0 aromatic heterocycles. The van der Waals surface area contributed by atoms with Gasteiger partial charge in [-0.05, 0) is 48.6 Å². The van der Waals surface area contributed by atoms with Gasteiger partial charge in [-0.3, -0.25) is 4.79 Å². The molecule has 1 heterocycles. The summed E-state index contributed by atoms with van der Waals surface area (Å²) in [5.74, 6) is -0.929. The van der Waals surface area contributed by atoms with Gasteiger partial charge in [-0.25, -0.2) is 0 Å². The normalized spacial score (nSPS) is 19.4. The number of amides is 1. The number of azide groups is 1. The van der Waals surface area contributed by atoms with Crippen LogP contribution in [-0.2, 0) is 18.8 Å². The van der Waals surface area contributed by atoms with E-state index in [1.807, 2.05) is 0 Å². The van der Waals surface area contributed by atoms with E-state index in [9.17, 15) is 31.1 Å². The Morgan fingerprint density at radius 3 is 2.16 bits per heavy atom. The summed E-state index contributed by atoms with van der Waals surface area (Å²) >= 11 is 0. The maximum absolute atomic E-state index is 13.2. The fourth-order valence-electron chi connectivity index (χ4n) is 3.80. The van der Waals surface area contributed by atoms with Gasteiger partial charge in [0.1, 0.15) is 0 Å². The second-order valence-electron chi connectivity index (χ2n) is 7.52. The Labute approximate surface area is 179 Å². The van der Waals surface area contributed by atoms with Crippen molar-refractivity contribution in [1.29, 1.82) is 0 Å². The molecule has 1 fully saturated rings. The summed E-state index contributed by atoms with van der Waals surface area (Å²) in [6.45, 7) is 0.0393. The highest BCUT2D eigenvalue weighted by Crippen LogP contribution is 2.37. The van der Waals surface area contributed by atoms with Crippen molar-refractivity contribution in [3.63, 3.8) is 0 Å². The van der Waals surface area contributed by atoms with Gasteiger partial charge < -0.3 is 4.90 Å². The summed E-state index contributed by atoms with van der Waals surface area (Å²) in [5.41, 5.74) is 5.78. The molecule has 32 heavy (non-hydrogen) atoms. The highest BCUT2D eigenvalue weighted by molar-refractivity contribution is 5.95. The molecule has 0 spiro atoms. The van der Waals surface area contributed by atoms with Crippen LogP contribution in [0.4, 0.5) is 26.3 Å². The number of halogens is 6. The third-order valence-corrected chi connectivity index (χ3v) is 5.31. The molecule has 2 unspecified atom stereocenters. The van der Waals surface area contributed by atoms with Crippen molar-refractivity contribution in [2.24, 2.45) is 5.11 Å². The Morgan fingerprint density at radius 2 is 1.62 bits per heavy atom. The van der Waals surface area contributed by atoms with E-state index in [2.05, 4.69) is 10.0 Å². The summed E-state index contributed by atoms with van der Waals surface area (Å²) in [5, 5.41) is 3.68. The van der Waals surface area contributed by atoms with Gasteiger partial charge in [0.2, 0.25) is 0 Å². The minimum atomic E-state index is -5.05. The van der Waals surface area contributed by atoms with E-state index in [0.717, 1.165) is 5.56 Å². The second kappa shape index (κ2) is 9.12. The third kappa shape index (κ3) is 5.53. The molecule has 2 aromatic rings. The van der Waals surface area contributed by atoms with Crippen molar-refractivity contribution in [3.05, 3.63) is 81.2 Å². The zero-order valence-corrected chi connectivity index (χ0v) is 16.6. The van der Waals surface area contributed by atoms with Crippen LogP contribution >= 0.6 is 0 Å². The Balaban J connectivity index is 1.98. The van der Waals surface area contributed by atoms with Gasteiger partial charge in [0, 0.05) is 29.1 Å². The van der Waals surface area contributed by atoms with Gasteiger partial charge >= 0.3 is 12.4 Å². The van der Waals surface area contributed by atoms with E-state index < -0.39 is 47.0 Å². The van der Waals surface area contributed by atoms with Crippen LogP contribution in [0.15, 0.2) is 53.6 Å². The van der Waals surface area contributed by atoms with Gasteiger partial charge in [-0.2, -0.15) is 26.3 Å². The van der Waals surface area contributed by atoms with E-state index in [4.69, 9.17) is 5.53 Å². The van der Waals surface area contributed by atoms with E-state index in [1.54, 1.807) is 30.3 Å². The van der Waals surface area contributed by atoms with E-state index in [1.165, 1.54) is 4.90 Å². The summed E-state index contributed by atoms with van der Waals surface area (Å²) < 4.78 is 79.2. The topological polar surface area (TPSA) is 69.1 Å². The third-order valence-electron chi connectivity index (χ3n) is 5.31. The average molecular weight is 456 g/mol. The highest BCUT2D eigenvalue weighted by atomic mass is 19.4. The molecule has 1 aliphatic rings. The van der Waals surface area contributed by atoms with Crippen LogP contribution in [0.2, 0.25) is 0 Å². The van der Waals surface area contributed by atoms with Crippen molar-refractivity contribution < 1.29 is 31.1 Å². The molecule has 170 valence electrons. The number of hydrogen-bond donors (Lipinski definition) is 0. The molecule has 3 rings (SSSR count). The van der Waals surface area contributed by atoms with Crippen molar-refractivity contribution in [2.45, 2.75) is 43.7 Å². The molecule has 0 N–H and O–H groups in total. The molecule has 0 bridgehead atoms.